The summed E-state index contributed by atoms with van der Waals surface area (Å²) in [5, 5.41) is 0. The molecule has 12 rings (SSSR count). The number of aryl methyl sites for hydroxylation is 16. The molecular weight excluding hydrogens is 945 g/mol. The number of hydrogen-bond acceptors (Lipinski definition) is 0. The van der Waals surface area contributed by atoms with E-state index in [1.54, 1.807) is 47.6 Å². The Labute approximate surface area is 476 Å². The van der Waals surface area contributed by atoms with Crippen molar-refractivity contribution in [1.82, 2.24) is 0 Å². The average molecular weight is 1030 g/mol. The van der Waals surface area contributed by atoms with Crippen molar-refractivity contribution in [2.45, 2.75) is 93.7 Å². The summed E-state index contributed by atoms with van der Waals surface area (Å²) in [6.45, 7) is 12.7. The van der Waals surface area contributed by atoms with E-state index in [0.717, 1.165) is 16.8 Å². The molecule has 0 N–H and O–H groups in total. The van der Waals surface area contributed by atoms with Crippen LogP contribution >= 0.6 is 0 Å². The predicted octanol–water partition coefficient (Wildman–Crippen LogP) is 15.5. The van der Waals surface area contributed by atoms with Crippen molar-refractivity contribution < 1.29 is 27.9 Å². The number of benzene rings is 6. The molecule has 4 heterocycles. The van der Waals surface area contributed by atoms with Crippen LogP contribution in [0.5, 0.6) is 0 Å². The van der Waals surface area contributed by atoms with Gasteiger partial charge in [0.2, 0.25) is 22.8 Å². The molecule has 0 atom stereocenters. The maximum Gasteiger partial charge on any atom is 0.212 e. The van der Waals surface area contributed by atoms with Crippen molar-refractivity contribution >= 4 is 0 Å². The highest BCUT2D eigenvalue weighted by atomic mass is 14.9. The van der Waals surface area contributed by atoms with Crippen molar-refractivity contribution in [3.8, 4) is 67.3 Å². The summed E-state index contributed by atoms with van der Waals surface area (Å²) in [6, 6.07) is 58.5. The molecule has 6 aromatic carbocycles. The number of fused-ring (bicyclic) bond motifs is 2. The van der Waals surface area contributed by atoms with Crippen LogP contribution in [0.3, 0.4) is 0 Å². The quantitative estimate of drug-likeness (QED) is 0.148. The third-order valence-electron chi connectivity index (χ3n) is 15.3. The Hall–Kier alpha value is -8.08. The zero-order valence-electron chi connectivity index (χ0n) is 54.6. The molecule has 0 saturated heterocycles. The Bertz CT molecular complexity index is 3940. The smallest absolute Gasteiger partial charge is 0.201 e. The van der Waals surface area contributed by atoms with Crippen molar-refractivity contribution in [2.24, 2.45) is 28.2 Å². The highest BCUT2D eigenvalue weighted by Gasteiger charge is 2.23. The molecule has 0 bridgehead atoms. The number of hydrogen-bond donors (Lipinski definition) is 0. The van der Waals surface area contributed by atoms with Crippen LogP contribution < -0.4 is 18.3 Å². The van der Waals surface area contributed by atoms with Crippen LogP contribution in [0.15, 0.2) is 195 Å². The summed E-state index contributed by atoms with van der Waals surface area (Å²) in [6.07, 6.45) is 8.60. The molecule has 4 aromatic heterocycles. The topological polar surface area (TPSA) is 15.5 Å². The fourth-order valence-electron chi connectivity index (χ4n) is 11.0. The van der Waals surface area contributed by atoms with E-state index < -0.39 is 19.6 Å². The van der Waals surface area contributed by atoms with Crippen LogP contribution in [-0.4, -0.2) is 0 Å². The minimum atomic E-state index is -2.17. The van der Waals surface area contributed by atoms with Crippen molar-refractivity contribution in [3.05, 3.63) is 261 Å². The Kier molecular flexibility index (Phi) is 14.5. The third-order valence-corrected chi connectivity index (χ3v) is 15.3. The summed E-state index contributed by atoms with van der Waals surface area (Å²) in [5.41, 5.74) is 27.2. The van der Waals surface area contributed by atoms with Gasteiger partial charge in [-0.3, -0.25) is 0 Å². The van der Waals surface area contributed by atoms with Gasteiger partial charge in [-0.1, -0.05) is 132 Å². The molecule has 78 heavy (non-hydrogen) atoms. The van der Waals surface area contributed by atoms with Crippen LogP contribution in [-0.2, 0) is 53.8 Å². The number of nitrogens with zero attached hydrogens (tertiary/aromatic N) is 4. The van der Waals surface area contributed by atoms with E-state index in [1.807, 2.05) is 6.92 Å². The number of rotatable bonds is 6. The molecule has 0 radical (unpaired) electrons. The van der Waals surface area contributed by atoms with Gasteiger partial charge < -0.3 is 0 Å². The van der Waals surface area contributed by atoms with E-state index in [2.05, 4.69) is 241 Å². The number of aromatic nitrogens is 4. The standard InChI is InChI=1S/2C20H20N.2C17H20N/c2*1-15-9-7-8-12-18(15)20-13-16(2)19(14-21(20)3)17-10-5-4-6-11-17;2*1-12-7-8-16(13(2)9-12)17-10-14-5-4-6-15(14)11-18(17)3/h2*4-14H,1-3H3;2*7-11H,4-6H2,1-3H3/q4*+1/i;;1D3,5D2,6D2;. The second kappa shape index (κ2) is 24.5. The second-order valence-corrected chi connectivity index (χ2v) is 21.2. The first kappa shape index (κ1) is 46.1. The summed E-state index contributed by atoms with van der Waals surface area (Å²) in [7, 11) is 8.19. The number of pyridine rings is 4. The maximum absolute atomic E-state index is 8.17. The third kappa shape index (κ3) is 12.5. The SMILES string of the molecule is Cc1cc(-c2ccccc2C)[n+](C)cc1-c1ccccc1.Cc1cc(-c2ccccc2C)[n+](C)cc1-c1ccccc1.Cc1ccc(-c2cc3c(c[n+]2C)CCC3)c(C)c1.[2H]C([2H])([2H])c1ccc(-c2cc3c(c[n+]2C)C([2H])([2H])CC3([2H])[2H])c(C)c1. The lowest BCUT2D eigenvalue weighted by molar-refractivity contribution is -0.661. The normalized spacial score (nSPS) is 14.8. The minimum Gasteiger partial charge on any atom is -0.201 e. The van der Waals surface area contributed by atoms with Crippen LogP contribution in [0.2, 0.25) is 0 Å². The highest BCUT2D eigenvalue weighted by molar-refractivity contribution is 5.71. The van der Waals surface area contributed by atoms with Crippen LogP contribution in [0.25, 0.3) is 67.3 Å². The summed E-state index contributed by atoms with van der Waals surface area (Å²) < 4.78 is 63.6. The van der Waals surface area contributed by atoms with Gasteiger partial charge in [-0.2, -0.15) is 0 Å². The average Bonchev–Trinajstić information content (AvgIpc) is 1.73. The molecule has 0 saturated carbocycles. The van der Waals surface area contributed by atoms with E-state index in [9.17, 15) is 0 Å². The minimum absolute atomic E-state index is 0.199. The fourth-order valence-corrected chi connectivity index (χ4v) is 11.0. The van der Waals surface area contributed by atoms with Gasteiger partial charge in [0, 0.05) is 78.4 Å². The molecule has 4 nitrogen and oxygen atoms in total. The molecule has 2 aliphatic rings. The van der Waals surface area contributed by atoms with Gasteiger partial charge in [-0.15, -0.1) is 0 Å². The van der Waals surface area contributed by atoms with E-state index in [4.69, 9.17) is 9.60 Å². The largest absolute Gasteiger partial charge is 0.212 e. The fraction of sp³-hybridized carbons (Fsp3) is 0.243. The van der Waals surface area contributed by atoms with Crippen LogP contribution in [0, 0.1) is 55.3 Å². The van der Waals surface area contributed by atoms with Crippen LogP contribution in [0.4, 0.5) is 0 Å². The van der Waals surface area contributed by atoms with Gasteiger partial charge in [0.1, 0.15) is 28.2 Å². The van der Waals surface area contributed by atoms with E-state index >= 15 is 0 Å². The van der Waals surface area contributed by atoms with Gasteiger partial charge >= 0.3 is 0 Å². The molecule has 0 fully saturated rings. The van der Waals surface area contributed by atoms with Crippen LogP contribution in [0.1, 0.15) is 89.2 Å². The zero-order chi connectivity index (χ0) is 61.1. The Morgan fingerprint density at radius 1 is 0.321 bits per heavy atom. The first-order valence-electron chi connectivity index (χ1n) is 30.8. The van der Waals surface area contributed by atoms with Crippen molar-refractivity contribution in [2.75, 3.05) is 0 Å². The Balaban J connectivity index is 0.000000136. The first-order chi connectivity index (χ1) is 40.3. The molecular formula is C74H80N4+4. The zero-order valence-corrected chi connectivity index (χ0v) is 47.6. The van der Waals surface area contributed by atoms with Crippen molar-refractivity contribution in [1.29, 1.82) is 0 Å². The predicted molar refractivity (Wildman–Crippen MR) is 325 cm³/mol. The molecule has 4 heteroatoms. The van der Waals surface area contributed by atoms with Crippen molar-refractivity contribution in [3.63, 3.8) is 0 Å². The molecule has 0 amide bonds. The molecule has 0 spiro atoms. The summed E-state index contributed by atoms with van der Waals surface area (Å²) >= 11 is 0. The van der Waals surface area contributed by atoms with Gasteiger partial charge in [0.25, 0.3) is 0 Å². The Morgan fingerprint density at radius 3 is 1.21 bits per heavy atom. The molecule has 2 aliphatic carbocycles. The molecule has 0 unspecified atom stereocenters. The van der Waals surface area contributed by atoms with Gasteiger partial charge in [-0.05, 0) is 174 Å². The lowest BCUT2D eigenvalue weighted by atomic mass is 9.98. The summed E-state index contributed by atoms with van der Waals surface area (Å²) in [5.74, 6) is 0. The molecule has 10 aromatic rings. The van der Waals surface area contributed by atoms with Gasteiger partial charge in [0.15, 0.2) is 24.8 Å². The lowest BCUT2D eigenvalue weighted by Crippen LogP contribution is -2.31. The summed E-state index contributed by atoms with van der Waals surface area (Å²) in [4.78, 5) is 0. The van der Waals surface area contributed by atoms with Gasteiger partial charge in [0.05, 0.1) is 0 Å². The molecule has 0 aliphatic heterocycles. The van der Waals surface area contributed by atoms with E-state index in [-0.39, 0.29) is 12.0 Å². The Morgan fingerprint density at radius 2 is 0.705 bits per heavy atom. The lowest BCUT2D eigenvalue weighted by Gasteiger charge is -2.09. The van der Waals surface area contributed by atoms with Gasteiger partial charge in [-0.25, -0.2) is 18.3 Å². The highest BCUT2D eigenvalue weighted by Crippen LogP contribution is 2.31. The molecule has 392 valence electrons. The first-order valence-corrected chi connectivity index (χ1v) is 27.3. The van der Waals surface area contributed by atoms with E-state index in [0.29, 0.717) is 11.1 Å². The second-order valence-electron chi connectivity index (χ2n) is 21.2. The monoisotopic (exact) mass is 1030 g/mol. The maximum atomic E-state index is 8.17. The van der Waals surface area contributed by atoms with E-state index in [1.165, 1.54) is 114 Å².